The van der Waals surface area contributed by atoms with Crippen molar-refractivity contribution in [1.29, 1.82) is 0 Å². The van der Waals surface area contributed by atoms with Gasteiger partial charge in [-0.25, -0.2) is 4.79 Å². The summed E-state index contributed by atoms with van der Waals surface area (Å²) in [5.41, 5.74) is 2.95. The highest BCUT2D eigenvalue weighted by Gasteiger charge is 2.18. The fourth-order valence-electron chi connectivity index (χ4n) is 2.30. The first-order chi connectivity index (χ1) is 11.0. The van der Waals surface area contributed by atoms with E-state index in [4.69, 9.17) is 5.11 Å². The summed E-state index contributed by atoms with van der Waals surface area (Å²) in [6, 6.07) is 12.4. The topological polar surface area (TPSA) is 90.8 Å². The van der Waals surface area contributed by atoms with Gasteiger partial charge in [0.05, 0.1) is 23.5 Å². The quantitative estimate of drug-likeness (QED) is 0.742. The average molecular weight is 374 g/mol. The number of anilines is 2. The Balaban J connectivity index is 2.03. The van der Waals surface area contributed by atoms with E-state index in [1.807, 2.05) is 24.3 Å². The molecule has 0 saturated heterocycles. The fourth-order valence-corrected chi connectivity index (χ4v) is 2.70. The fraction of sp³-hybridized carbons (Fsp3) is 0.0625. The summed E-state index contributed by atoms with van der Waals surface area (Å²) >= 11 is 3.41. The van der Waals surface area contributed by atoms with Crippen LogP contribution < -0.4 is 10.6 Å². The number of carbonyl (C=O) groups is 2. The maximum Gasteiger partial charge on any atom is 0.409 e. The summed E-state index contributed by atoms with van der Waals surface area (Å²) in [6.07, 6.45) is -1.02. The Kier molecular flexibility index (Phi) is 4.12. The Hall–Kier alpha value is -2.67. The van der Waals surface area contributed by atoms with Crippen molar-refractivity contribution in [1.82, 2.24) is 0 Å². The second kappa shape index (κ2) is 6.21. The van der Waals surface area contributed by atoms with Gasteiger partial charge in [0.2, 0.25) is 5.91 Å². The van der Waals surface area contributed by atoms with Crippen LogP contribution in [0.15, 0.2) is 51.9 Å². The van der Waals surface area contributed by atoms with Gasteiger partial charge in [0.15, 0.2) is 0 Å². The van der Waals surface area contributed by atoms with E-state index >= 15 is 0 Å². The van der Waals surface area contributed by atoms with Gasteiger partial charge >= 0.3 is 6.09 Å². The molecule has 2 amide bonds. The number of hydrogen-bond donors (Lipinski definition) is 3. The third-order valence-corrected chi connectivity index (χ3v) is 3.76. The van der Waals surface area contributed by atoms with Crippen molar-refractivity contribution in [3.8, 4) is 0 Å². The highest BCUT2D eigenvalue weighted by molar-refractivity contribution is 9.10. The summed E-state index contributed by atoms with van der Waals surface area (Å²) in [4.78, 5) is 27.4. The highest BCUT2D eigenvalue weighted by Crippen LogP contribution is 2.32. The van der Waals surface area contributed by atoms with E-state index in [2.05, 4.69) is 31.6 Å². The third kappa shape index (κ3) is 3.57. The minimum absolute atomic E-state index is 0.146. The SMILES string of the molecule is O=C(O)Nc1ccc2c(c1)NC(=O)CC(c1cccc(Br)c1)=N2. The van der Waals surface area contributed by atoms with Gasteiger partial charge in [0.1, 0.15) is 0 Å². The van der Waals surface area contributed by atoms with Crippen LogP contribution in [-0.2, 0) is 4.79 Å². The standard InChI is InChI=1S/C16H12BrN3O3/c17-10-3-1-2-9(6-10)13-8-15(21)20-14-7-11(18-16(22)23)4-5-12(14)19-13/h1-7,18H,8H2,(H,20,21)(H,22,23). The molecule has 2 aromatic rings. The summed E-state index contributed by atoms with van der Waals surface area (Å²) in [5.74, 6) is -0.199. The number of rotatable bonds is 2. The summed E-state index contributed by atoms with van der Waals surface area (Å²) in [7, 11) is 0. The number of benzene rings is 2. The largest absolute Gasteiger partial charge is 0.465 e. The zero-order valence-electron chi connectivity index (χ0n) is 11.8. The lowest BCUT2D eigenvalue weighted by Gasteiger charge is -2.07. The van der Waals surface area contributed by atoms with Gasteiger partial charge in [-0.2, -0.15) is 0 Å². The first kappa shape index (κ1) is 15.2. The number of carboxylic acid groups (broad SMARTS) is 1. The molecule has 0 radical (unpaired) electrons. The van der Waals surface area contributed by atoms with Crippen LogP contribution in [0.3, 0.4) is 0 Å². The molecular weight excluding hydrogens is 362 g/mol. The first-order valence-corrected chi connectivity index (χ1v) is 7.58. The molecule has 0 fully saturated rings. The molecule has 7 heteroatoms. The highest BCUT2D eigenvalue weighted by atomic mass is 79.9. The number of aliphatic imine (C=N–C) groups is 1. The molecule has 23 heavy (non-hydrogen) atoms. The Morgan fingerprint density at radius 1 is 1.26 bits per heavy atom. The molecule has 0 atom stereocenters. The third-order valence-electron chi connectivity index (χ3n) is 3.26. The van der Waals surface area contributed by atoms with Crippen LogP contribution in [-0.4, -0.2) is 22.8 Å². The van der Waals surface area contributed by atoms with Crippen LogP contribution in [0.4, 0.5) is 21.9 Å². The van der Waals surface area contributed by atoms with Crippen molar-refractivity contribution >= 4 is 50.7 Å². The Bertz CT molecular complexity index is 833. The zero-order valence-corrected chi connectivity index (χ0v) is 13.4. The maximum absolute atomic E-state index is 12.1. The van der Waals surface area contributed by atoms with Crippen LogP contribution >= 0.6 is 15.9 Å². The first-order valence-electron chi connectivity index (χ1n) is 6.78. The van der Waals surface area contributed by atoms with Crippen molar-refractivity contribution in [2.75, 3.05) is 10.6 Å². The van der Waals surface area contributed by atoms with E-state index in [0.29, 0.717) is 22.8 Å². The molecule has 6 nitrogen and oxygen atoms in total. The lowest BCUT2D eigenvalue weighted by Crippen LogP contribution is -2.15. The lowest BCUT2D eigenvalue weighted by molar-refractivity contribution is -0.115. The predicted octanol–water partition coefficient (Wildman–Crippen LogP) is 4.00. The van der Waals surface area contributed by atoms with E-state index in [1.165, 1.54) is 0 Å². The van der Waals surface area contributed by atoms with E-state index in [9.17, 15) is 9.59 Å². The van der Waals surface area contributed by atoms with Gasteiger partial charge in [-0.3, -0.25) is 15.1 Å². The number of amides is 2. The molecule has 116 valence electrons. The van der Waals surface area contributed by atoms with Crippen LogP contribution in [0.1, 0.15) is 12.0 Å². The Morgan fingerprint density at radius 2 is 2.09 bits per heavy atom. The number of carbonyl (C=O) groups excluding carboxylic acids is 1. The van der Waals surface area contributed by atoms with Crippen molar-refractivity contribution in [3.05, 3.63) is 52.5 Å². The van der Waals surface area contributed by atoms with Gasteiger partial charge in [-0.1, -0.05) is 28.1 Å². The molecule has 0 unspecified atom stereocenters. The molecule has 0 spiro atoms. The van der Waals surface area contributed by atoms with Gasteiger partial charge in [0, 0.05) is 10.2 Å². The maximum atomic E-state index is 12.1. The number of nitrogens with zero attached hydrogens (tertiary/aromatic N) is 1. The van der Waals surface area contributed by atoms with E-state index < -0.39 is 6.09 Å². The van der Waals surface area contributed by atoms with E-state index in [-0.39, 0.29) is 12.3 Å². The van der Waals surface area contributed by atoms with Crippen LogP contribution in [0, 0.1) is 0 Å². The van der Waals surface area contributed by atoms with Gasteiger partial charge in [0.25, 0.3) is 0 Å². The van der Waals surface area contributed by atoms with E-state index in [0.717, 1.165) is 10.0 Å². The Morgan fingerprint density at radius 3 is 2.83 bits per heavy atom. The second-order valence-electron chi connectivity index (χ2n) is 4.96. The van der Waals surface area contributed by atoms with Crippen molar-refractivity contribution in [3.63, 3.8) is 0 Å². The van der Waals surface area contributed by atoms with Gasteiger partial charge in [-0.05, 0) is 35.9 Å². The summed E-state index contributed by atoms with van der Waals surface area (Å²) < 4.78 is 0.906. The second-order valence-corrected chi connectivity index (χ2v) is 5.87. The van der Waals surface area contributed by atoms with Crippen molar-refractivity contribution in [2.24, 2.45) is 4.99 Å². The molecule has 3 N–H and O–H groups in total. The zero-order chi connectivity index (χ0) is 16.4. The summed E-state index contributed by atoms with van der Waals surface area (Å²) in [5, 5.41) is 13.8. The number of nitrogens with one attached hydrogen (secondary N) is 2. The van der Waals surface area contributed by atoms with Crippen LogP contribution in [0.2, 0.25) is 0 Å². The smallest absolute Gasteiger partial charge is 0.409 e. The van der Waals surface area contributed by atoms with Gasteiger partial charge in [-0.15, -0.1) is 0 Å². The lowest BCUT2D eigenvalue weighted by atomic mass is 10.1. The van der Waals surface area contributed by atoms with Gasteiger partial charge < -0.3 is 10.4 Å². The molecule has 0 aromatic heterocycles. The molecule has 2 aromatic carbocycles. The summed E-state index contributed by atoms with van der Waals surface area (Å²) in [6.45, 7) is 0. The van der Waals surface area contributed by atoms with Crippen molar-refractivity contribution < 1.29 is 14.7 Å². The number of fused-ring (bicyclic) bond motifs is 1. The molecule has 3 rings (SSSR count). The van der Waals surface area contributed by atoms with Crippen LogP contribution in [0.5, 0.6) is 0 Å². The normalized spacial score (nSPS) is 13.4. The van der Waals surface area contributed by atoms with E-state index in [1.54, 1.807) is 18.2 Å². The Labute approximate surface area is 140 Å². The monoisotopic (exact) mass is 373 g/mol. The average Bonchev–Trinajstić information content (AvgIpc) is 2.64. The van der Waals surface area contributed by atoms with Crippen molar-refractivity contribution in [2.45, 2.75) is 6.42 Å². The predicted molar refractivity (Wildman–Crippen MR) is 91.7 cm³/mol. The molecule has 0 saturated carbocycles. The molecular formula is C16H12BrN3O3. The molecule has 1 heterocycles. The minimum atomic E-state index is -1.16. The minimum Gasteiger partial charge on any atom is -0.465 e. The molecule has 1 aliphatic rings. The van der Waals surface area contributed by atoms with Crippen LogP contribution in [0.25, 0.3) is 0 Å². The number of hydrogen-bond acceptors (Lipinski definition) is 3. The number of halogens is 1. The molecule has 0 bridgehead atoms. The molecule has 1 aliphatic heterocycles. The molecule has 0 aliphatic carbocycles.